The van der Waals surface area contributed by atoms with Crippen LogP contribution < -0.4 is 0 Å². The average Bonchev–Trinajstić information content (AvgIpc) is 2.69. The van der Waals surface area contributed by atoms with E-state index in [-0.39, 0.29) is 0 Å². The number of hydrogen-bond donors (Lipinski definition) is 1. The van der Waals surface area contributed by atoms with Gasteiger partial charge in [0.1, 0.15) is 11.8 Å². The molecule has 0 bridgehead atoms. The zero-order valence-electron chi connectivity index (χ0n) is 7.57. The highest BCUT2D eigenvalue weighted by atomic mass is 35.5. The molecule has 3 nitrogen and oxygen atoms in total. The van der Waals surface area contributed by atoms with E-state index >= 15 is 0 Å². The topological polar surface area (TPSA) is 52.5 Å². The molecule has 15 heavy (non-hydrogen) atoms. The Hall–Kier alpha value is -1.44. The van der Waals surface area contributed by atoms with Crippen molar-refractivity contribution >= 4 is 23.4 Å². The average molecular weight is 236 g/mol. The molecule has 1 heterocycles. The Kier molecular flexibility index (Phi) is 2.95. The smallest absolute Gasteiger partial charge is 0.149 e. The summed E-state index contributed by atoms with van der Waals surface area (Å²) in [6, 6.07) is 9.48. The van der Waals surface area contributed by atoms with Crippen molar-refractivity contribution in [1.82, 2.24) is 10.2 Å². The summed E-state index contributed by atoms with van der Waals surface area (Å²) in [6.45, 7) is 0. The van der Waals surface area contributed by atoms with Gasteiger partial charge in [0.25, 0.3) is 0 Å². The molecule has 74 valence electrons. The molecule has 0 fully saturated rings. The second-order valence-electron chi connectivity index (χ2n) is 2.78. The molecule has 0 atom stereocenters. The Labute approximate surface area is 96.1 Å². The predicted octanol–water partition coefficient (Wildman–Crippen LogP) is 3.09. The van der Waals surface area contributed by atoms with E-state index in [1.807, 2.05) is 30.3 Å². The van der Waals surface area contributed by atoms with E-state index < -0.39 is 0 Å². The number of aromatic nitrogens is 2. The minimum atomic E-state index is 0.481. The van der Waals surface area contributed by atoms with Crippen LogP contribution in [0.2, 0.25) is 5.02 Å². The molecule has 1 aromatic heterocycles. The first kappa shape index (κ1) is 10.1. The third-order valence-corrected chi connectivity index (χ3v) is 3.05. The van der Waals surface area contributed by atoms with E-state index in [1.54, 1.807) is 6.20 Å². The molecule has 0 aliphatic rings. The lowest BCUT2D eigenvalue weighted by Crippen LogP contribution is -1.76. The quantitative estimate of drug-likeness (QED) is 0.870. The number of rotatable bonds is 2. The fraction of sp³-hybridized carbons (Fsp3) is 0. The fourth-order valence-electron chi connectivity index (χ4n) is 1.06. The van der Waals surface area contributed by atoms with Gasteiger partial charge in [-0.1, -0.05) is 23.4 Å². The van der Waals surface area contributed by atoms with Gasteiger partial charge in [0.15, 0.2) is 0 Å². The molecule has 1 N–H and O–H groups in total. The first-order valence-electron chi connectivity index (χ1n) is 4.16. The van der Waals surface area contributed by atoms with Crippen molar-refractivity contribution in [3.8, 4) is 6.07 Å². The second-order valence-corrected chi connectivity index (χ2v) is 4.33. The Morgan fingerprint density at radius 3 is 2.73 bits per heavy atom. The third kappa shape index (κ3) is 2.32. The summed E-state index contributed by atoms with van der Waals surface area (Å²) < 4.78 is 0. The van der Waals surface area contributed by atoms with Crippen molar-refractivity contribution in [2.75, 3.05) is 0 Å². The molecule has 0 aliphatic heterocycles. The van der Waals surface area contributed by atoms with Gasteiger partial charge in [0.2, 0.25) is 0 Å². The van der Waals surface area contributed by atoms with Gasteiger partial charge in [-0.3, -0.25) is 5.10 Å². The zero-order chi connectivity index (χ0) is 10.7. The van der Waals surface area contributed by atoms with E-state index in [0.717, 1.165) is 9.79 Å². The van der Waals surface area contributed by atoms with Crippen LogP contribution in [0.5, 0.6) is 0 Å². The Balaban J connectivity index is 2.23. The number of aromatic amines is 1. The van der Waals surface area contributed by atoms with Crippen LogP contribution in [0.15, 0.2) is 40.3 Å². The van der Waals surface area contributed by atoms with Crippen LogP contribution in [0.1, 0.15) is 5.69 Å². The van der Waals surface area contributed by atoms with Crippen molar-refractivity contribution in [3.05, 3.63) is 41.2 Å². The van der Waals surface area contributed by atoms with E-state index in [9.17, 15) is 0 Å². The molecule has 2 rings (SSSR count). The van der Waals surface area contributed by atoms with Gasteiger partial charge < -0.3 is 0 Å². The van der Waals surface area contributed by atoms with Gasteiger partial charge in [-0.25, -0.2) is 0 Å². The van der Waals surface area contributed by atoms with Crippen molar-refractivity contribution in [3.63, 3.8) is 0 Å². The Bertz CT molecular complexity index is 498. The molecule has 0 saturated heterocycles. The van der Waals surface area contributed by atoms with Crippen molar-refractivity contribution in [1.29, 1.82) is 5.26 Å². The van der Waals surface area contributed by atoms with Crippen LogP contribution in [-0.4, -0.2) is 10.2 Å². The van der Waals surface area contributed by atoms with Gasteiger partial charge in [-0.2, -0.15) is 10.4 Å². The monoisotopic (exact) mass is 235 g/mol. The molecular formula is C10H6ClN3S. The van der Waals surface area contributed by atoms with E-state index in [2.05, 4.69) is 10.2 Å². The summed E-state index contributed by atoms with van der Waals surface area (Å²) >= 11 is 7.25. The summed E-state index contributed by atoms with van der Waals surface area (Å²) in [6.07, 6.45) is 1.64. The molecule has 0 aliphatic carbocycles. The normalized spacial score (nSPS) is 9.87. The maximum absolute atomic E-state index is 8.77. The first-order valence-corrected chi connectivity index (χ1v) is 5.36. The van der Waals surface area contributed by atoms with Gasteiger partial charge >= 0.3 is 0 Å². The molecule has 0 saturated carbocycles. The Morgan fingerprint density at radius 2 is 2.07 bits per heavy atom. The van der Waals surface area contributed by atoms with Crippen molar-refractivity contribution in [2.45, 2.75) is 9.79 Å². The van der Waals surface area contributed by atoms with E-state index in [0.29, 0.717) is 10.7 Å². The van der Waals surface area contributed by atoms with Crippen LogP contribution in [0, 0.1) is 11.3 Å². The van der Waals surface area contributed by atoms with E-state index in [1.165, 1.54) is 11.8 Å². The van der Waals surface area contributed by atoms with E-state index in [4.69, 9.17) is 16.9 Å². The number of benzene rings is 1. The lowest BCUT2D eigenvalue weighted by Gasteiger charge is -1.98. The highest BCUT2D eigenvalue weighted by Crippen LogP contribution is 2.29. The van der Waals surface area contributed by atoms with Crippen LogP contribution in [0.3, 0.4) is 0 Å². The van der Waals surface area contributed by atoms with Crippen LogP contribution in [-0.2, 0) is 0 Å². The van der Waals surface area contributed by atoms with Crippen LogP contribution in [0.25, 0.3) is 0 Å². The predicted molar refractivity (Wildman–Crippen MR) is 58.9 cm³/mol. The van der Waals surface area contributed by atoms with Crippen molar-refractivity contribution in [2.24, 2.45) is 0 Å². The molecule has 1 aromatic carbocycles. The maximum Gasteiger partial charge on any atom is 0.149 e. The number of nitriles is 1. The van der Waals surface area contributed by atoms with Gasteiger partial charge in [-0.05, 0) is 24.3 Å². The summed E-state index contributed by atoms with van der Waals surface area (Å²) in [4.78, 5) is 1.84. The number of hydrogen-bond acceptors (Lipinski definition) is 3. The van der Waals surface area contributed by atoms with Crippen molar-refractivity contribution < 1.29 is 0 Å². The zero-order valence-corrected chi connectivity index (χ0v) is 9.14. The summed E-state index contributed by atoms with van der Waals surface area (Å²) in [5, 5.41) is 15.9. The molecule has 0 amide bonds. The lowest BCUT2D eigenvalue weighted by molar-refractivity contribution is 1.07. The highest BCUT2D eigenvalue weighted by molar-refractivity contribution is 7.99. The number of nitrogens with one attached hydrogen (secondary N) is 1. The van der Waals surface area contributed by atoms with Gasteiger partial charge in [-0.15, -0.1) is 0 Å². The molecule has 0 spiro atoms. The molecule has 5 heteroatoms. The van der Waals surface area contributed by atoms with Gasteiger partial charge in [0.05, 0.1) is 11.1 Å². The number of halogens is 1. The number of nitrogens with zero attached hydrogens (tertiary/aromatic N) is 2. The summed E-state index contributed by atoms with van der Waals surface area (Å²) in [5.41, 5.74) is 0.481. The summed E-state index contributed by atoms with van der Waals surface area (Å²) in [5.74, 6) is 0. The second kappa shape index (κ2) is 4.39. The third-order valence-electron chi connectivity index (χ3n) is 1.76. The largest absolute Gasteiger partial charge is 0.267 e. The maximum atomic E-state index is 8.77. The Morgan fingerprint density at radius 1 is 1.33 bits per heavy atom. The van der Waals surface area contributed by atoms with Gasteiger partial charge in [0, 0.05) is 9.92 Å². The van der Waals surface area contributed by atoms with Crippen LogP contribution in [0.4, 0.5) is 0 Å². The minimum Gasteiger partial charge on any atom is -0.267 e. The standard InChI is InChI=1S/C10H6ClN3S/c11-7-1-3-8(4-2-7)15-10-6-13-14-9(10)5-12/h1-4,6H,(H,13,14). The number of H-pyrrole nitrogens is 1. The lowest BCUT2D eigenvalue weighted by atomic mass is 10.4. The molecule has 0 radical (unpaired) electrons. The highest BCUT2D eigenvalue weighted by Gasteiger charge is 2.05. The SMILES string of the molecule is N#Cc1[nH]ncc1Sc1ccc(Cl)cc1. The molecule has 0 unspecified atom stereocenters. The fourth-order valence-corrected chi connectivity index (χ4v) is 2.01. The van der Waals surface area contributed by atoms with Crippen LogP contribution >= 0.6 is 23.4 Å². The molecule has 2 aromatic rings. The first-order chi connectivity index (χ1) is 7.29. The minimum absolute atomic E-state index is 0.481. The summed E-state index contributed by atoms with van der Waals surface area (Å²) in [7, 11) is 0. The molecular weight excluding hydrogens is 230 g/mol.